The number of likely N-dealkylation sites (tertiary alicyclic amines) is 1. The second-order valence-corrected chi connectivity index (χ2v) is 7.93. The van der Waals surface area contributed by atoms with E-state index in [0.717, 1.165) is 32.7 Å². The van der Waals surface area contributed by atoms with Crippen molar-refractivity contribution >= 4 is 54.9 Å². The molecule has 1 unspecified atom stereocenters. The van der Waals surface area contributed by atoms with Crippen LogP contribution in [0.1, 0.15) is 30.5 Å². The quantitative estimate of drug-likeness (QED) is 0.419. The van der Waals surface area contributed by atoms with Crippen LogP contribution in [0.4, 0.5) is 5.82 Å². The van der Waals surface area contributed by atoms with E-state index in [-0.39, 0.29) is 5.92 Å². The summed E-state index contributed by atoms with van der Waals surface area (Å²) in [7, 11) is 1.88. The number of fused-ring (bicyclic) bond motifs is 1. The number of aliphatic carboxylic acids is 1. The topological polar surface area (TPSA) is 114 Å². The van der Waals surface area contributed by atoms with Crippen LogP contribution in [0.15, 0.2) is 36.5 Å². The van der Waals surface area contributed by atoms with Gasteiger partial charge in [-0.25, -0.2) is 9.78 Å². The van der Waals surface area contributed by atoms with E-state index in [1.807, 2.05) is 51.2 Å². The van der Waals surface area contributed by atoms with Gasteiger partial charge >= 0.3 is 11.9 Å². The molecule has 1 atom stereocenters. The lowest BCUT2D eigenvalue weighted by molar-refractivity contribution is -0.155. The summed E-state index contributed by atoms with van der Waals surface area (Å²) in [5.74, 6) is -1.94. The second-order valence-electron chi connectivity index (χ2n) is 7.93. The van der Waals surface area contributed by atoms with Crippen molar-refractivity contribution < 1.29 is 14.7 Å². The normalized spacial score (nSPS) is 17.3. The largest absolute Gasteiger partial charge is 0.474 e. The molecule has 3 heterocycles. The number of amides is 1. The average molecular weight is 429 g/mol. The van der Waals surface area contributed by atoms with E-state index in [4.69, 9.17) is 15.8 Å². The van der Waals surface area contributed by atoms with E-state index in [1.54, 1.807) is 10.7 Å². The summed E-state index contributed by atoms with van der Waals surface area (Å²) in [6, 6.07) is 7.87. The van der Waals surface area contributed by atoms with Gasteiger partial charge in [-0.1, -0.05) is 36.9 Å². The maximum atomic E-state index is 11.9. The number of carboxylic acid groups (broad SMARTS) is 1. The first-order valence-corrected chi connectivity index (χ1v) is 10.4. The molecule has 3 aromatic rings. The van der Waals surface area contributed by atoms with Gasteiger partial charge in [0.1, 0.15) is 13.7 Å². The zero-order chi connectivity index (χ0) is 23.0. The predicted molar refractivity (Wildman–Crippen MR) is 126 cm³/mol. The highest BCUT2D eigenvalue weighted by molar-refractivity contribution is 6.36. The molecule has 1 fully saturated rings. The molecule has 8 nitrogen and oxygen atoms in total. The van der Waals surface area contributed by atoms with E-state index in [9.17, 15) is 9.59 Å². The fourth-order valence-electron chi connectivity index (χ4n) is 4.18. The summed E-state index contributed by atoms with van der Waals surface area (Å²) in [6.45, 7) is 6.72. The molecule has 1 saturated heterocycles. The molecule has 2 aromatic heterocycles. The number of carboxylic acids is 1. The number of benzene rings is 1. The zero-order valence-electron chi connectivity index (χ0n) is 18.1. The van der Waals surface area contributed by atoms with Crippen LogP contribution in [0.5, 0.6) is 0 Å². The van der Waals surface area contributed by atoms with E-state index in [2.05, 4.69) is 11.7 Å². The average Bonchev–Trinajstić information content (AvgIpc) is 3.42. The molecule has 1 aliphatic heterocycles. The summed E-state index contributed by atoms with van der Waals surface area (Å²) < 4.78 is 1.62. The lowest BCUT2D eigenvalue weighted by Crippen LogP contribution is -2.35. The van der Waals surface area contributed by atoms with Crippen molar-refractivity contribution in [3.8, 4) is 0 Å². The Morgan fingerprint density at radius 2 is 2.09 bits per heavy atom. The van der Waals surface area contributed by atoms with Crippen molar-refractivity contribution in [3.63, 3.8) is 0 Å². The second kappa shape index (κ2) is 8.34. The third kappa shape index (κ3) is 3.66. The molecule has 162 valence electrons. The molecular formula is C23H24BN5O3. The highest BCUT2D eigenvalue weighted by atomic mass is 16.4. The molecule has 1 aromatic carbocycles. The first kappa shape index (κ1) is 21.4. The Labute approximate surface area is 185 Å². The lowest BCUT2D eigenvalue weighted by atomic mass is 9.88. The van der Waals surface area contributed by atoms with Crippen molar-refractivity contribution in [1.29, 1.82) is 0 Å². The summed E-state index contributed by atoms with van der Waals surface area (Å²) in [4.78, 5) is 29.2. The third-order valence-corrected chi connectivity index (χ3v) is 6.00. The van der Waals surface area contributed by atoms with Crippen LogP contribution >= 0.6 is 0 Å². The van der Waals surface area contributed by atoms with Gasteiger partial charge < -0.3 is 15.7 Å². The number of nitrogen functional groups attached to an aromatic ring is 1. The highest BCUT2D eigenvalue weighted by Gasteiger charge is 2.33. The summed E-state index contributed by atoms with van der Waals surface area (Å²) in [6.07, 6.45) is 6.40. The fourth-order valence-corrected chi connectivity index (χ4v) is 4.18. The summed E-state index contributed by atoms with van der Waals surface area (Å²) >= 11 is 0. The van der Waals surface area contributed by atoms with Crippen molar-refractivity contribution in [2.75, 3.05) is 18.8 Å². The van der Waals surface area contributed by atoms with Crippen LogP contribution in [-0.2, 0) is 9.59 Å². The van der Waals surface area contributed by atoms with Crippen LogP contribution in [0.2, 0.25) is 0 Å². The SMILES string of the molecule is Bc1c(C2CCN(C(=O)C(=O)O)C2)nc2c(C(/C=c3/ccccc3=C)=C/C)cnn2c1N. The highest BCUT2D eigenvalue weighted by Crippen LogP contribution is 2.28. The molecule has 0 radical (unpaired) electrons. The standard InChI is InChI=1S/C23H24BN5O3/c1-3-14(10-15-7-5-4-6-13(15)2)17-11-26-29-20(25)18(24)19(27-21(17)29)16-8-9-28(12-16)22(30)23(31)32/h3-7,10-11,16H,2,8-9,12,24-25H2,1H3,(H,31,32)/b14-3+,15-10-. The van der Waals surface area contributed by atoms with Gasteiger partial charge in [0, 0.05) is 30.3 Å². The Kier molecular flexibility index (Phi) is 5.56. The van der Waals surface area contributed by atoms with Gasteiger partial charge in [-0.05, 0) is 40.9 Å². The van der Waals surface area contributed by atoms with E-state index in [0.29, 0.717) is 31.0 Å². The van der Waals surface area contributed by atoms with Crippen LogP contribution in [0.25, 0.3) is 23.9 Å². The monoisotopic (exact) mass is 429 g/mol. The molecule has 0 bridgehead atoms. The van der Waals surface area contributed by atoms with Gasteiger partial charge in [0.05, 0.1) is 6.20 Å². The van der Waals surface area contributed by atoms with Crippen molar-refractivity contribution in [3.05, 3.63) is 58.2 Å². The lowest BCUT2D eigenvalue weighted by Gasteiger charge is -2.17. The molecule has 0 aliphatic carbocycles. The van der Waals surface area contributed by atoms with Gasteiger partial charge in [0.25, 0.3) is 0 Å². The maximum absolute atomic E-state index is 11.9. The summed E-state index contributed by atoms with van der Waals surface area (Å²) in [5, 5.41) is 15.4. The van der Waals surface area contributed by atoms with Crippen LogP contribution in [0, 0.1) is 0 Å². The van der Waals surface area contributed by atoms with E-state index < -0.39 is 11.9 Å². The first-order valence-electron chi connectivity index (χ1n) is 10.4. The minimum absolute atomic E-state index is 0.0908. The number of carbonyl (C=O) groups excluding carboxylic acids is 1. The number of aromatic nitrogens is 3. The van der Waals surface area contributed by atoms with Gasteiger partial charge in [0.15, 0.2) is 5.65 Å². The molecule has 32 heavy (non-hydrogen) atoms. The number of hydrogen-bond acceptors (Lipinski definition) is 5. The van der Waals surface area contributed by atoms with Crippen molar-refractivity contribution in [1.82, 2.24) is 19.5 Å². The number of hydrogen-bond donors (Lipinski definition) is 2. The van der Waals surface area contributed by atoms with Crippen LogP contribution in [-0.4, -0.2) is 57.4 Å². The zero-order valence-corrected chi connectivity index (χ0v) is 18.1. The smallest absolute Gasteiger partial charge is 0.394 e. The number of allylic oxidation sites excluding steroid dienone is 2. The van der Waals surface area contributed by atoms with Gasteiger partial charge in [-0.15, -0.1) is 0 Å². The molecule has 0 saturated carbocycles. The summed E-state index contributed by atoms with van der Waals surface area (Å²) in [5.41, 5.74) is 10.4. The Morgan fingerprint density at radius 3 is 2.78 bits per heavy atom. The van der Waals surface area contributed by atoms with Crippen LogP contribution in [0.3, 0.4) is 0 Å². The predicted octanol–water partition coefficient (Wildman–Crippen LogP) is -0.735. The minimum atomic E-state index is -1.44. The maximum Gasteiger partial charge on any atom is 0.394 e. The molecule has 4 rings (SSSR count). The fraction of sp³-hybridized carbons (Fsp3) is 0.217. The Bertz CT molecular complexity index is 1380. The van der Waals surface area contributed by atoms with Gasteiger partial charge in [-0.2, -0.15) is 9.61 Å². The molecular weight excluding hydrogens is 405 g/mol. The van der Waals surface area contributed by atoms with Crippen LogP contribution < -0.4 is 21.6 Å². The Hall–Kier alpha value is -3.88. The Balaban J connectivity index is 1.80. The van der Waals surface area contributed by atoms with E-state index in [1.165, 1.54) is 4.90 Å². The minimum Gasteiger partial charge on any atom is -0.474 e. The third-order valence-electron chi connectivity index (χ3n) is 6.00. The van der Waals surface area contributed by atoms with Gasteiger partial charge in [-0.3, -0.25) is 4.79 Å². The number of nitrogens with zero attached hydrogens (tertiary/aromatic N) is 4. The molecule has 3 N–H and O–H groups in total. The molecule has 9 heteroatoms. The van der Waals surface area contributed by atoms with E-state index >= 15 is 0 Å². The number of rotatable bonds is 3. The molecule has 0 spiro atoms. The van der Waals surface area contributed by atoms with Gasteiger partial charge in [0.2, 0.25) is 0 Å². The van der Waals surface area contributed by atoms with Crippen molar-refractivity contribution in [2.45, 2.75) is 19.3 Å². The Morgan fingerprint density at radius 1 is 1.34 bits per heavy atom. The molecule has 1 amide bonds. The number of carbonyl (C=O) groups is 2. The van der Waals surface area contributed by atoms with Crippen molar-refractivity contribution in [2.24, 2.45) is 0 Å². The first-order chi connectivity index (χ1) is 15.3. The molecule has 1 aliphatic rings. The number of nitrogens with two attached hydrogens (primary N) is 1. The number of anilines is 1.